The first-order valence-electron chi connectivity index (χ1n) is 10.7. The molecule has 0 aromatic carbocycles. The number of nitrogens with one attached hydrogen (secondary N) is 1. The number of unbranched alkanes of at least 4 members (excludes halogenated alkanes) is 3. The van der Waals surface area contributed by atoms with Crippen molar-refractivity contribution < 1.29 is 9.53 Å². The zero-order chi connectivity index (χ0) is 20.5. The van der Waals surface area contributed by atoms with Gasteiger partial charge in [-0.2, -0.15) is 0 Å². The molecule has 0 saturated heterocycles. The van der Waals surface area contributed by atoms with Gasteiger partial charge in [0.1, 0.15) is 0 Å². The van der Waals surface area contributed by atoms with E-state index in [0.717, 1.165) is 0 Å². The van der Waals surface area contributed by atoms with Gasteiger partial charge in [-0.25, -0.2) is 0 Å². The van der Waals surface area contributed by atoms with Crippen molar-refractivity contribution >= 4 is 34.0 Å². The fourth-order valence-corrected chi connectivity index (χ4v) is 20.3. The Bertz CT molecular complexity index is 557. The van der Waals surface area contributed by atoms with Crippen molar-refractivity contribution in [2.45, 2.75) is 99.0 Å². The summed E-state index contributed by atoms with van der Waals surface area (Å²) in [6.45, 7) is 12.5. The first-order chi connectivity index (χ1) is 12.7. The van der Waals surface area contributed by atoms with Crippen LogP contribution < -0.4 is 9.03 Å². The van der Waals surface area contributed by atoms with Gasteiger partial charge in [0.15, 0.2) is 0 Å². The van der Waals surface area contributed by atoms with Crippen LogP contribution in [0.25, 0.3) is 0 Å². The second-order valence-electron chi connectivity index (χ2n) is 8.76. The summed E-state index contributed by atoms with van der Waals surface area (Å²) >= 11 is -2.56. The Morgan fingerprint density at radius 2 is 1.56 bits per heavy atom. The molecule has 0 radical (unpaired) electrons. The van der Waals surface area contributed by atoms with Crippen LogP contribution in [0.15, 0.2) is 6.07 Å². The van der Waals surface area contributed by atoms with E-state index in [1.165, 1.54) is 55.5 Å². The molecule has 0 spiro atoms. The molecule has 1 aromatic rings. The number of hydrogen-bond donors (Lipinski definition) is 1. The number of hydrogen-bond acceptors (Lipinski definition) is 3. The molecule has 0 unspecified atom stereocenters. The second-order valence-corrected chi connectivity index (χ2v) is 21.8. The molecule has 0 atom stereocenters. The van der Waals surface area contributed by atoms with E-state index in [-0.39, 0.29) is 0 Å². The molecule has 0 bridgehead atoms. The summed E-state index contributed by atoms with van der Waals surface area (Å²) in [6.07, 6.45) is 7.24. The van der Waals surface area contributed by atoms with Gasteiger partial charge >= 0.3 is 171 Å². The van der Waals surface area contributed by atoms with Crippen LogP contribution in [0.3, 0.4) is 0 Å². The monoisotopic (exact) mass is 487 g/mol. The normalized spacial score (nSPS) is 12.3. The summed E-state index contributed by atoms with van der Waals surface area (Å²) in [4.78, 5) is 12.1. The Morgan fingerprint density at radius 1 is 1.07 bits per heavy atom. The van der Waals surface area contributed by atoms with E-state index in [1.54, 1.807) is 0 Å². The van der Waals surface area contributed by atoms with Crippen LogP contribution in [-0.2, 0) is 11.8 Å². The molecule has 156 valence electrons. The van der Waals surface area contributed by atoms with Gasteiger partial charge in [-0.05, 0) is 0 Å². The molecule has 0 fully saturated rings. The van der Waals surface area contributed by atoms with Crippen molar-refractivity contribution in [2.75, 3.05) is 5.32 Å². The van der Waals surface area contributed by atoms with Gasteiger partial charge in [0.25, 0.3) is 0 Å². The number of carbonyl (C=O) groups excluding carboxylic acids is 1. The SMILES string of the molecule is CCC[CH2][Sn]([CH2]CCC)([CH2]CCC)[c]1cc(NC(=O)OC(C)(C)C)nn1C. The topological polar surface area (TPSA) is 56.1 Å². The van der Waals surface area contributed by atoms with Gasteiger partial charge in [-0.15, -0.1) is 0 Å². The number of aromatic nitrogens is 2. The van der Waals surface area contributed by atoms with Crippen LogP contribution in [0.2, 0.25) is 13.3 Å². The number of rotatable bonds is 11. The van der Waals surface area contributed by atoms with Gasteiger partial charge in [0.05, 0.1) is 0 Å². The number of amides is 1. The minimum absolute atomic E-state index is 0.427. The Morgan fingerprint density at radius 3 is 1.96 bits per heavy atom. The Hall–Kier alpha value is -0.721. The summed E-state index contributed by atoms with van der Waals surface area (Å²) in [5.41, 5.74) is -0.506. The third-order valence-electron chi connectivity index (χ3n) is 5.08. The van der Waals surface area contributed by atoms with Gasteiger partial charge in [0, 0.05) is 0 Å². The summed E-state index contributed by atoms with van der Waals surface area (Å²) in [7, 11) is 2.05. The summed E-state index contributed by atoms with van der Waals surface area (Å²) in [6, 6.07) is 2.15. The molecule has 0 aliphatic rings. The molecule has 1 aromatic heterocycles. The van der Waals surface area contributed by atoms with Crippen LogP contribution in [0.4, 0.5) is 10.6 Å². The average Bonchev–Trinajstić information content (AvgIpc) is 2.93. The van der Waals surface area contributed by atoms with E-state index < -0.39 is 30.1 Å². The number of ether oxygens (including phenoxy) is 1. The summed E-state index contributed by atoms with van der Waals surface area (Å²) in [5, 5.41) is 7.47. The molecule has 1 N–H and O–H groups in total. The van der Waals surface area contributed by atoms with Crippen LogP contribution in [0, 0.1) is 0 Å². The molecular weight excluding hydrogens is 445 g/mol. The number of nitrogens with zero attached hydrogens (tertiary/aromatic N) is 2. The third kappa shape index (κ3) is 8.04. The van der Waals surface area contributed by atoms with Crippen molar-refractivity contribution in [1.82, 2.24) is 9.78 Å². The van der Waals surface area contributed by atoms with E-state index in [9.17, 15) is 4.79 Å². The number of carbonyl (C=O) groups is 1. The van der Waals surface area contributed by atoms with Crippen molar-refractivity contribution in [3.05, 3.63) is 6.07 Å². The quantitative estimate of drug-likeness (QED) is 0.401. The average molecular weight is 486 g/mol. The van der Waals surface area contributed by atoms with Crippen LogP contribution in [0.5, 0.6) is 0 Å². The fourth-order valence-electron chi connectivity index (χ4n) is 3.74. The van der Waals surface area contributed by atoms with Gasteiger partial charge in [-0.3, -0.25) is 0 Å². The summed E-state index contributed by atoms with van der Waals surface area (Å²) in [5.74, 6) is 0.632. The molecule has 1 amide bonds. The molecule has 0 saturated carbocycles. The molecule has 5 nitrogen and oxygen atoms in total. The zero-order valence-electron chi connectivity index (χ0n) is 18.7. The van der Waals surface area contributed by atoms with Crippen LogP contribution in [-0.4, -0.2) is 39.9 Å². The molecular formula is C21H41N3O2Sn. The van der Waals surface area contributed by atoms with E-state index >= 15 is 0 Å². The molecule has 6 heteroatoms. The van der Waals surface area contributed by atoms with E-state index in [0.29, 0.717) is 5.82 Å². The maximum absolute atomic E-state index is 12.1. The fraction of sp³-hybridized carbons (Fsp3) is 0.810. The first kappa shape index (κ1) is 24.3. The van der Waals surface area contributed by atoms with Crippen LogP contribution >= 0.6 is 0 Å². The Balaban J connectivity index is 3.12. The molecule has 27 heavy (non-hydrogen) atoms. The van der Waals surface area contributed by atoms with Gasteiger partial charge in [-0.1, -0.05) is 0 Å². The maximum atomic E-state index is 12.1. The predicted octanol–water partition coefficient (Wildman–Crippen LogP) is 5.82. The van der Waals surface area contributed by atoms with E-state index in [2.05, 4.69) is 41.9 Å². The molecule has 0 aliphatic heterocycles. The van der Waals surface area contributed by atoms with E-state index in [1.807, 2.05) is 27.8 Å². The second kappa shape index (κ2) is 11.3. The van der Waals surface area contributed by atoms with Crippen LogP contribution in [0.1, 0.15) is 80.1 Å². The molecule has 0 aliphatic carbocycles. The van der Waals surface area contributed by atoms with E-state index in [4.69, 9.17) is 4.74 Å². The number of aryl methyl sites for hydroxylation is 1. The van der Waals surface area contributed by atoms with Crippen molar-refractivity contribution in [1.29, 1.82) is 0 Å². The predicted molar refractivity (Wildman–Crippen MR) is 118 cm³/mol. The number of anilines is 1. The summed E-state index contributed by atoms with van der Waals surface area (Å²) < 4.78 is 13.1. The molecule has 1 heterocycles. The third-order valence-corrected chi connectivity index (χ3v) is 20.7. The Labute approximate surface area is 170 Å². The Kier molecular flexibility index (Phi) is 10.2. The zero-order valence-corrected chi connectivity index (χ0v) is 21.5. The van der Waals surface area contributed by atoms with Gasteiger partial charge < -0.3 is 0 Å². The first-order valence-corrected chi connectivity index (χ1v) is 18.2. The van der Waals surface area contributed by atoms with Crippen molar-refractivity contribution in [3.8, 4) is 0 Å². The van der Waals surface area contributed by atoms with Crippen molar-refractivity contribution in [3.63, 3.8) is 0 Å². The molecule has 1 rings (SSSR count). The van der Waals surface area contributed by atoms with Crippen molar-refractivity contribution in [2.24, 2.45) is 7.05 Å². The van der Waals surface area contributed by atoms with Gasteiger partial charge in [0.2, 0.25) is 0 Å². The minimum atomic E-state index is -2.56. The standard InChI is InChI=1S/C9H14N3O2.3C4H9.Sn/c1-9(2,3)14-8(13)10-7-5-6-12(4)11-7;3*1-3-4-2;/h5H,1-4H3,(H,10,11,13);3*1,3-4H2,2H3;.